The molecule has 1 N–H and O–H groups in total. The number of carbonyl (C=O) groups is 1. The van der Waals surface area contributed by atoms with Crippen LogP contribution < -0.4 is 4.90 Å². The fourth-order valence-electron chi connectivity index (χ4n) is 2.37. The molecule has 0 bridgehead atoms. The topological polar surface area (TPSA) is 111 Å². The molecule has 0 aliphatic carbocycles. The van der Waals surface area contributed by atoms with E-state index in [2.05, 4.69) is 5.10 Å². The van der Waals surface area contributed by atoms with Gasteiger partial charge in [-0.05, 0) is 12.8 Å². The molecule has 0 saturated carbocycles. The summed E-state index contributed by atoms with van der Waals surface area (Å²) in [6.45, 7) is 1.41. The van der Waals surface area contributed by atoms with Crippen LogP contribution in [-0.4, -0.2) is 51.6 Å². The van der Waals surface area contributed by atoms with Gasteiger partial charge in [-0.1, -0.05) is 0 Å². The molecule has 116 valence electrons. The molecule has 1 aliphatic rings. The lowest BCUT2D eigenvalue weighted by atomic mass is 10.1. The standard InChI is InChI=1S/C12H18N4O5/c1-14-8-10(16(19)20)12(13-14)15-5-2-9(3-6-15)21-7-4-11(17)18/h8-9H,2-7H2,1H3,(H,17,18). The Kier molecular flexibility index (Phi) is 4.73. The van der Waals surface area contributed by atoms with Gasteiger partial charge in [-0.15, -0.1) is 5.10 Å². The number of piperidine rings is 1. The average Bonchev–Trinajstić information content (AvgIpc) is 2.81. The molecular formula is C12H18N4O5. The van der Waals surface area contributed by atoms with Crippen molar-refractivity contribution in [2.24, 2.45) is 7.05 Å². The minimum absolute atomic E-state index is 0.00254. The van der Waals surface area contributed by atoms with Gasteiger partial charge in [-0.3, -0.25) is 19.6 Å². The van der Waals surface area contributed by atoms with Crippen LogP contribution >= 0.6 is 0 Å². The number of aryl methyl sites for hydroxylation is 1. The summed E-state index contributed by atoms with van der Waals surface area (Å²) >= 11 is 0. The van der Waals surface area contributed by atoms with Crippen LogP contribution in [0, 0.1) is 10.1 Å². The van der Waals surface area contributed by atoms with Crippen LogP contribution in [0.15, 0.2) is 6.20 Å². The van der Waals surface area contributed by atoms with E-state index in [-0.39, 0.29) is 24.8 Å². The molecular weight excluding hydrogens is 280 g/mol. The number of aliphatic carboxylic acids is 1. The van der Waals surface area contributed by atoms with E-state index in [1.807, 2.05) is 4.90 Å². The van der Waals surface area contributed by atoms with Crippen molar-refractivity contribution in [1.82, 2.24) is 9.78 Å². The molecule has 1 aliphatic heterocycles. The number of nitro groups is 1. The molecule has 0 aromatic carbocycles. The predicted octanol–water partition coefficient (Wildman–Crippen LogP) is 0.788. The number of hydrogen-bond acceptors (Lipinski definition) is 6. The number of hydrogen-bond donors (Lipinski definition) is 1. The van der Waals surface area contributed by atoms with E-state index in [9.17, 15) is 14.9 Å². The average molecular weight is 298 g/mol. The van der Waals surface area contributed by atoms with Gasteiger partial charge in [0.2, 0.25) is 5.82 Å². The van der Waals surface area contributed by atoms with Crippen LogP contribution in [-0.2, 0) is 16.6 Å². The fourth-order valence-corrected chi connectivity index (χ4v) is 2.37. The summed E-state index contributed by atoms with van der Waals surface area (Å²) in [5, 5.41) is 23.7. The summed E-state index contributed by atoms with van der Waals surface area (Å²) in [6, 6.07) is 0. The number of carboxylic acids is 1. The Balaban J connectivity index is 1.89. The maximum atomic E-state index is 11.0. The number of rotatable bonds is 6. The fraction of sp³-hybridized carbons (Fsp3) is 0.667. The van der Waals surface area contributed by atoms with Gasteiger partial charge in [0, 0.05) is 20.1 Å². The number of nitrogens with zero attached hydrogens (tertiary/aromatic N) is 4. The Morgan fingerprint density at radius 1 is 1.57 bits per heavy atom. The van der Waals surface area contributed by atoms with E-state index in [0.717, 1.165) is 0 Å². The highest BCUT2D eigenvalue weighted by Crippen LogP contribution is 2.28. The van der Waals surface area contributed by atoms with Crippen molar-refractivity contribution in [2.75, 3.05) is 24.6 Å². The van der Waals surface area contributed by atoms with E-state index in [4.69, 9.17) is 9.84 Å². The molecule has 0 spiro atoms. The first kappa shape index (κ1) is 15.2. The monoisotopic (exact) mass is 298 g/mol. The summed E-state index contributed by atoms with van der Waals surface area (Å²) in [4.78, 5) is 22.8. The third kappa shape index (κ3) is 3.91. The summed E-state index contributed by atoms with van der Waals surface area (Å²) in [5.74, 6) is -0.497. The van der Waals surface area contributed by atoms with Crippen molar-refractivity contribution in [2.45, 2.75) is 25.4 Å². The molecule has 0 atom stereocenters. The number of aromatic nitrogens is 2. The van der Waals surface area contributed by atoms with Crippen LogP contribution in [0.3, 0.4) is 0 Å². The molecule has 0 unspecified atom stereocenters. The Labute approximate surface area is 121 Å². The minimum Gasteiger partial charge on any atom is -0.481 e. The molecule has 1 aromatic rings. The molecule has 0 radical (unpaired) electrons. The van der Waals surface area contributed by atoms with Gasteiger partial charge in [0.25, 0.3) is 0 Å². The number of anilines is 1. The first-order valence-electron chi connectivity index (χ1n) is 6.73. The molecule has 2 rings (SSSR count). The lowest BCUT2D eigenvalue weighted by Gasteiger charge is -2.31. The van der Waals surface area contributed by atoms with Crippen LogP contribution in [0.25, 0.3) is 0 Å². The Bertz CT molecular complexity index is 522. The van der Waals surface area contributed by atoms with Gasteiger partial charge in [-0.2, -0.15) is 0 Å². The van der Waals surface area contributed by atoms with Crippen LogP contribution in [0.4, 0.5) is 11.5 Å². The Morgan fingerprint density at radius 2 is 2.24 bits per heavy atom. The van der Waals surface area contributed by atoms with Crippen molar-refractivity contribution < 1.29 is 19.6 Å². The van der Waals surface area contributed by atoms with Gasteiger partial charge < -0.3 is 14.7 Å². The van der Waals surface area contributed by atoms with E-state index in [0.29, 0.717) is 31.7 Å². The molecule has 1 fully saturated rings. The van der Waals surface area contributed by atoms with Crippen molar-refractivity contribution in [3.8, 4) is 0 Å². The normalized spacial score (nSPS) is 16.1. The van der Waals surface area contributed by atoms with Gasteiger partial charge in [0.1, 0.15) is 6.20 Å². The second-order valence-electron chi connectivity index (χ2n) is 4.97. The molecule has 9 heteroatoms. The Morgan fingerprint density at radius 3 is 2.81 bits per heavy atom. The second-order valence-corrected chi connectivity index (χ2v) is 4.97. The zero-order chi connectivity index (χ0) is 15.4. The van der Waals surface area contributed by atoms with E-state index in [1.165, 1.54) is 10.9 Å². The van der Waals surface area contributed by atoms with Crippen LogP contribution in [0.1, 0.15) is 19.3 Å². The van der Waals surface area contributed by atoms with Gasteiger partial charge in [0.15, 0.2) is 0 Å². The van der Waals surface area contributed by atoms with E-state index >= 15 is 0 Å². The lowest BCUT2D eigenvalue weighted by molar-refractivity contribution is -0.384. The van der Waals surface area contributed by atoms with Crippen LogP contribution in [0.5, 0.6) is 0 Å². The quantitative estimate of drug-likeness (QED) is 0.610. The zero-order valence-electron chi connectivity index (χ0n) is 11.8. The summed E-state index contributed by atoms with van der Waals surface area (Å²) in [6.07, 6.45) is 2.79. The van der Waals surface area contributed by atoms with Crippen molar-refractivity contribution in [1.29, 1.82) is 0 Å². The summed E-state index contributed by atoms with van der Waals surface area (Å²) in [5.41, 5.74) is 0.00254. The largest absolute Gasteiger partial charge is 0.481 e. The molecule has 21 heavy (non-hydrogen) atoms. The number of carboxylic acid groups (broad SMARTS) is 1. The molecule has 2 heterocycles. The SMILES string of the molecule is Cn1cc([N+](=O)[O-])c(N2CCC(OCCC(=O)O)CC2)n1. The smallest absolute Gasteiger partial charge is 0.330 e. The third-order valence-electron chi connectivity index (χ3n) is 3.40. The highest BCUT2D eigenvalue weighted by Gasteiger charge is 2.28. The zero-order valence-corrected chi connectivity index (χ0v) is 11.8. The van der Waals surface area contributed by atoms with E-state index < -0.39 is 10.9 Å². The number of ether oxygens (including phenoxy) is 1. The van der Waals surface area contributed by atoms with Crippen molar-refractivity contribution in [3.05, 3.63) is 16.3 Å². The van der Waals surface area contributed by atoms with E-state index in [1.54, 1.807) is 7.05 Å². The van der Waals surface area contributed by atoms with Gasteiger partial charge in [0.05, 0.1) is 24.1 Å². The van der Waals surface area contributed by atoms with Crippen molar-refractivity contribution >= 4 is 17.5 Å². The van der Waals surface area contributed by atoms with Gasteiger partial charge >= 0.3 is 11.7 Å². The minimum atomic E-state index is -0.878. The molecule has 0 amide bonds. The Hall–Kier alpha value is -2.16. The molecule has 1 saturated heterocycles. The van der Waals surface area contributed by atoms with Crippen molar-refractivity contribution in [3.63, 3.8) is 0 Å². The molecule has 1 aromatic heterocycles. The lowest BCUT2D eigenvalue weighted by Crippen LogP contribution is -2.37. The highest BCUT2D eigenvalue weighted by molar-refractivity contribution is 5.66. The third-order valence-corrected chi connectivity index (χ3v) is 3.40. The summed E-state index contributed by atoms with van der Waals surface area (Å²) < 4.78 is 6.93. The maximum Gasteiger partial charge on any atom is 0.330 e. The highest BCUT2D eigenvalue weighted by atomic mass is 16.6. The second kappa shape index (κ2) is 6.53. The van der Waals surface area contributed by atoms with Crippen LogP contribution in [0.2, 0.25) is 0 Å². The predicted molar refractivity (Wildman–Crippen MR) is 73.3 cm³/mol. The molecule has 9 nitrogen and oxygen atoms in total. The van der Waals surface area contributed by atoms with Gasteiger partial charge in [-0.25, -0.2) is 0 Å². The first-order chi connectivity index (χ1) is 9.97. The maximum absolute atomic E-state index is 11.0. The first-order valence-corrected chi connectivity index (χ1v) is 6.73. The summed E-state index contributed by atoms with van der Waals surface area (Å²) in [7, 11) is 1.65.